The van der Waals surface area contributed by atoms with Crippen LogP contribution in [0.2, 0.25) is 0 Å². The molecule has 0 spiro atoms. The number of amidine groups is 1. The van der Waals surface area contributed by atoms with Gasteiger partial charge >= 0.3 is 0 Å². The Bertz CT molecular complexity index is 512. The van der Waals surface area contributed by atoms with Crippen molar-refractivity contribution in [2.75, 3.05) is 14.1 Å². The summed E-state index contributed by atoms with van der Waals surface area (Å²) >= 11 is 1.16. The average Bonchev–Trinajstić information content (AvgIpc) is 2.26. The van der Waals surface area contributed by atoms with Crippen molar-refractivity contribution < 1.29 is 8.42 Å². The highest BCUT2D eigenvalue weighted by Gasteiger charge is 2.16. The molecule has 0 aliphatic carbocycles. The van der Waals surface area contributed by atoms with Gasteiger partial charge in [0.15, 0.2) is 5.17 Å². The third-order valence-electron chi connectivity index (χ3n) is 2.07. The van der Waals surface area contributed by atoms with E-state index in [1.165, 1.54) is 18.4 Å². The van der Waals surface area contributed by atoms with E-state index in [-0.39, 0.29) is 10.1 Å². The summed E-state index contributed by atoms with van der Waals surface area (Å²) in [5.74, 6) is 0.492. The summed E-state index contributed by atoms with van der Waals surface area (Å²) in [5, 5.41) is 7.12. The zero-order valence-electron chi connectivity index (χ0n) is 9.67. The van der Waals surface area contributed by atoms with Gasteiger partial charge in [-0.05, 0) is 17.7 Å². The van der Waals surface area contributed by atoms with Crippen molar-refractivity contribution in [2.45, 2.75) is 10.6 Å². The van der Waals surface area contributed by atoms with Gasteiger partial charge in [0.05, 0.1) is 4.90 Å². The number of hydrogen-bond acceptors (Lipinski definition) is 4. The molecular formula is C10H15N3O2S2. The highest BCUT2D eigenvalue weighted by Crippen LogP contribution is 2.18. The number of rotatable bonds is 4. The SMILES string of the molecule is CN(C)S(=O)(=O)c1cccc(CSC(=N)N)c1. The fraction of sp³-hybridized carbons (Fsp3) is 0.300. The molecular weight excluding hydrogens is 258 g/mol. The molecule has 1 rings (SSSR count). The molecule has 0 saturated carbocycles. The predicted molar refractivity (Wildman–Crippen MR) is 70.5 cm³/mol. The average molecular weight is 273 g/mol. The van der Waals surface area contributed by atoms with E-state index in [9.17, 15) is 8.42 Å². The van der Waals surface area contributed by atoms with Crippen LogP contribution in [0, 0.1) is 5.41 Å². The maximum atomic E-state index is 11.9. The standard InChI is InChI=1S/C10H15N3O2S2/c1-13(2)17(14,15)9-5-3-4-8(6-9)7-16-10(11)12/h3-6H,7H2,1-2H3,(H3,11,12). The second kappa shape index (κ2) is 5.52. The Kier molecular flexibility index (Phi) is 4.55. The van der Waals surface area contributed by atoms with Crippen LogP contribution in [0.1, 0.15) is 5.56 Å². The predicted octanol–water partition coefficient (Wildman–Crippen LogP) is 1.06. The lowest BCUT2D eigenvalue weighted by molar-refractivity contribution is 0.520. The smallest absolute Gasteiger partial charge is 0.242 e. The monoisotopic (exact) mass is 273 g/mol. The second-order valence-corrected chi connectivity index (χ2v) is 6.76. The summed E-state index contributed by atoms with van der Waals surface area (Å²) in [4.78, 5) is 0.254. The molecule has 0 fully saturated rings. The van der Waals surface area contributed by atoms with Gasteiger partial charge in [-0.25, -0.2) is 12.7 Å². The minimum atomic E-state index is -3.40. The van der Waals surface area contributed by atoms with Crippen molar-refractivity contribution >= 4 is 27.0 Å². The molecule has 7 heteroatoms. The number of sulfonamides is 1. The van der Waals surface area contributed by atoms with E-state index in [1.54, 1.807) is 18.2 Å². The largest absolute Gasteiger partial charge is 0.379 e. The quantitative estimate of drug-likeness (QED) is 0.634. The van der Waals surface area contributed by atoms with Crippen LogP contribution in [-0.2, 0) is 15.8 Å². The van der Waals surface area contributed by atoms with Crippen LogP contribution in [0.25, 0.3) is 0 Å². The van der Waals surface area contributed by atoms with Crippen molar-refractivity contribution in [3.63, 3.8) is 0 Å². The summed E-state index contributed by atoms with van der Waals surface area (Å²) in [6, 6.07) is 6.65. The molecule has 3 N–H and O–H groups in total. The Hall–Kier alpha value is -1.05. The first-order valence-corrected chi connectivity index (χ1v) is 7.25. The van der Waals surface area contributed by atoms with Crippen molar-refractivity contribution in [2.24, 2.45) is 5.73 Å². The van der Waals surface area contributed by atoms with Crippen LogP contribution in [0.4, 0.5) is 0 Å². The Morgan fingerprint density at radius 3 is 2.65 bits per heavy atom. The molecule has 0 radical (unpaired) electrons. The van der Waals surface area contributed by atoms with Crippen LogP contribution in [0.5, 0.6) is 0 Å². The second-order valence-electron chi connectivity index (χ2n) is 3.59. The Labute approximate surface area is 106 Å². The van der Waals surface area contributed by atoms with Crippen LogP contribution >= 0.6 is 11.8 Å². The lowest BCUT2D eigenvalue weighted by Crippen LogP contribution is -2.22. The Morgan fingerprint density at radius 2 is 2.12 bits per heavy atom. The lowest BCUT2D eigenvalue weighted by Gasteiger charge is -2.12. The van der Waals surface area contributed by atoms with Gasteiger partial charge < -0.3 is 5.73 Å². The van der Waals surface area contributed by atoms with Crippen LogP contribution < -0.4 is 5.73 Å². The Morgan fingerprint density at radius 1 is 1.47 bits per heavy atom. The highest BCUT2D eigenvalue weighted by atomic mass is 32.2. The van der Waals surface area contributed by atoms with Crippen LogP contribution in [-0.4, -0.2) is 32.0 Å². The van der Waals surface area contributed by atoms with E-state index in [1.807, 2.05) is 6.07 Å². The molecule has 0 saturated heterocycles. The number of hydrogen-bond donors (Lipinski definition) is 2. The third kappa shape index (κ3) is 3.72. The molecule has 0 aromatic heterocycles. The number of thioether (sulfide) groups is 1. The zero-order valence-corrected chi connectivity index (χ0v) is 11.3. The molecule has 1 aromatic carbocycles. The molecule has 0 atom stereocenters. The fourth-order valence-corrected chi connectivity index (χ4v) is 2.64. The molecule has 0 heterocycles. The van der Waals surface area contributed by atoms with Gasteiger partial charge in [0.25, 0.3) is 0 Å². The maximum Gasteiger partial charge on any atom is 0.242 e. The molecule has 1 aromatic rings. The van der Waals surface area contributed by atoms with E-state index in [0.717, 1.165) is 17.3 Å². The molecule has 94 valence electrons. The normalized spacial score (nSPS) is 11.7. The summed E-state index contributed by atoms with van der Waals surface area (Å²) in [6.45, 7) is 0. The maximum absolute atomic E-state index is 11.9. The van der Waals surface area contributed by atoms with Gasteiger partial charge in [-0.2, -0.15) is 0 Å². The molecule has 0 amide bonds. The minimum Gasteiger partial charge on any atom is -0.379 e. The van der Waals surface area contributed by atoms with Gasteiger partial charge in [-0.1, -0.05) is 23.9 Å². The molecule has 0 unspecified atom stereocenters. The van der Waals surface area contributed by atoms with E-state index in [2.05, 4.69) is 0 Å². The van der Waals surface area contributed by atoms with Gasteiger partial charge in [0, 0.05) is 19.8 Å². The first kappa shape index (κ1) is 14.0. The number of nitrogens with zero attached hydrogens (tertiary/aromatic N) is 1. The van der Waals surface area contributed by atoms with Gasteiger partial charge in [0.2, 0.25) is 10.0 Å². The van der Waals surface area contributed by atoms with Crippen LogP contribution in [0.3, 0.4) is 0 Å². The van der Waals surface area contributed by atoms with Crippen molar-refractivity contribution in [1.29, 1.82) is 5.41 Å². The molecule has 0 bridgehead atoms. The number of nitrogens with one attached hydrogen (secondary N) is 1. The van der Waals surface area contributed by atoms with Gasteiger partial charge in [0.1, 0.15) is 0 Å². The molecule has 0 aliphatic rings. The summed E-state index contributed by atoms with van der Waals surface area (Å²) in [5.41, 5.74) is 6.06. The van der Waals surface area contributed by atoms with Crippen molar-refractivity contribution in [3.05, 3.63) is 29.8 Å². The highest BCUT2D eigenvalue weighted by molar-refractivity contribution is 8.13. The van der Waals surface area contributed by atoms with Crippen molar-refractivity contribution in [1.82, 2.24) is 4.31 Å². The zero-order chi connectivity index (χ0) is 13.1. The lowest BCUT2D eigenvalue weighted by atomic mass is 10.2. The van der Waals surface area contributed by atoms with Crippen LogP contribution in [0.15, 0.2) is 29.2 Å². The fourth-order valence-electron chi connectivity index (χ4n) is 1.17. The topological polar surface area (TPSA) is 87.2 Å². The van der Waals surface area contributed by atoms with Crippen molar-refractivity contribution in [3.8, 4) is 0 Å². The summed E-state index contributed by atoms with van der Waals surface area (Å²) < 4.78 is 24.9. The number of benzene rings is 1. The number of nitrogens with two attached hydrogens (primary N) is 1. The van der Waals surface area contributed by atoms with E-state index in [0.29, 0.717) is 5.75 Å². The molecule has 0 aliphatic heterocycles. The molecule has 17 heavy (non-hydrogen) atoms. The van der Waals surface area contributed by atoms with E-state index >= 15 is 0 Å². The summed E-state index contributed by atoms with van der Waals surface area (Å²) in [6.07, 6.45) is 0. The van der Waals surface area contributed by atoms with E-state index < -0.39 is 10.0 Å². The van der Waals surface area contributed by atoms with E-state index in [4.69, 9.17) is 11.1 Å². The minimum absolute atomic E-state index is 0.0193. The van der Waals surface area contributed by atoms with Gasteiger partial charge in [-0.3, -0.25) is 5.41 Å². The first-order chi connectivity index (χ1) is 7.84. The van der Waals surface area contributed by atoms with Gasteiger partial charge in [-0.15, -0.1) is 0 Å². The first-order valence-electron chi connectivity index (χ1n) is 4.82. The Balaban J connectivity index is 2.98. The summed E-state index contributed by atoms with van der Waals surface area (Å²) in [7, 11) is -0.414. The molecule has 5 nitrogen and oxygen atoms in total. The third-order valence-corrected chi connectivity index (χ3v) is 4.67.